The van der Waals surface area contributed by atoms with Crippen molar-refractivity contribution >= 4 is 16.9 Å². The van der Waals surface area contributed by atoms with Crippen molar-refractivity contribution < 1.29 is 13.7 Å². The lowest BCUT2D eigenvalue weighted by atomic mass is 10.1. The Labute approximate surface area is 118 Å². The largest absolute Gasteiger partial charge is 0.444 e. The van der Waals surface area contributed by atoms with Crippen LogP contribution in [0.15, 0.2) is 0 Å². The van der Waals surface area contributed by atoms with Gasteiger partial charge in [-0.2, -0.15) is 0 Å². The highest BCUT2D eigenvalue weighted by Gasteiger charge is 2.27. The van der Waals surface area contributed by atoms with E-state index in [-0.39, 0.29) is 12.1 Å². The molecule has 2 unspecified atom stereocenters. The summed E-state index contributed by atoms with van der Waals surface area (Å²) in [6.45, 7) is 7.79. The molecule has 0 aromatic carbocycles. The van der Waals surface area contributed by atoms with Gasteiger partial charge in [0.2, 0.25) is 0 Å². The number of likely N-dealkylation sites (tertiary alicyclic amines) is 1. The predicted octanol–water partition coefficient (Wildman–Crippen LogP) is 1.35. The molecule has 1 N–H and O–H groups in total. The van der Waals surface area contributed by atoms with Gasteiger partial charge in [-0.15, -0.1) is 0 Å². The van der Waals surface area contributed by atoms with E-state index in [2.05, 4.69) is 5.32 Å². The third kappa shape index (κ3) is 6.92. The fraction of sp³-hybridized carbons (Fsp3) is 0.923. The zero-order valence-corrected chi connectivity index (χ0v) is 13.2. The normalized spacial score (nSPS) is 22.1. The van der Waals surface area contributed by atoms with E-state index >= 15 is 0 Å². The average Bonchev–Trinajstić information content (AvgIpc) is 2.26. The molecule has 1 rings (SSSR count). The number of amides is 1. The van der Waals surface area contributed by atoms with Gasteiger partial charge in [0.05, 0.1) is 0 Å². The predicted molar refractivity (Wildman–Crippen MR) is 77.8 cm³/mol. The van der Waals surface area contributed by atoms with E-state index < -0.39 is 16.4 Å². The van der Waals surface area contributed by atoms with Crippen LogP contribution in [0.2, 0.25) is 0 Å². The molecule has 0 radical (unpaired) electrons. The Hall–Kier alpha value is -0.620. The van der Waals surface area contributed by atoms with Crippen LogP contribution in [0.4, 0.5) is 4.79 Å². The second-order valence-corrected chi connectivity index (χ2v) is 7.55. The minimum atomic E-state index is -0.769. The summed E-state index contributed by atoms with van der Waals surface area (Å²) in [5.41, 5.74) is -0.448. The van der Waals surface area contributed by atoms with E-state index in [1.54, 1.807) is 11.2 Å². The van der Waals surface area contributed by atoms with Crippen molar-refractivity contribution in [1.29, 1.82) is 0 Å². The van der Waals surface area contributed by atoms with Crippen molar-refractivity contribution in [3.8, 4) is 0 Å². The fourth-order valence-corrected chi connectivity index (χ4v) is 2.45. The molecule has 0 bridgehead atoms. The van der Waals surface area contributed by atoms with E-state index in [0.717, 1.165) is 25.9 Å². The molecule has 0 spiro atoms. The SMILES string of the molecule is CS(=O)CCNC1CCCN(C(=O)OC(C)(C)C)C1. The van der Waals surface area contributed by atoms with Crippen molar-refractivity contribution in [1.82, 2.24) is 10.2 Å². The van der Waals surface area contributed by atoms with Crippen molar-refractivity contribution in [2.24, 2.45) is 0 Å². The number of hydrogen-bond donors (Lipinski definition) is 1. The summed E-state index contributed by atoms with van der Waals surface area (Å²) < 4.78 is 16.4. The number of ether oxygens (including phenoxy) is 1. The van der Waals surface area contributed by atoms with Crippen LogP contribution in [0.25, 0.3) is 0 Å². The number of nitrogens with one attached hydrogen (secondary N) is 1. The van der Waals surface area contributed by atoms with Crippen LogP contribution in [0.5, 0.6) is 0 Å². The average molecular weight is 290 g/mol. The first-order valence-electron chi connectivity index (χ1n) is 6.79. The highest BCUT2D eigenvalue weighted by atomic mass is 32.2. The number of carbonyl (C=O) groups is 1. The Balaban J connectivity index is 2.37. The van der Waals surface area contributed by atoms with Gasteiger partial charge in [-0.3, -0.25) is 4.21 Å². The van der Waals surface area contributed by atoms with Crippen molar-refractivity contribution in [2.45, 2.75) is 45.3 Å². The third-order valence-corrected chi connectivity index (χ3v) is 3.67. The first-order valence-corrected chi connectivity index (χ1v) is 8.52. The van der Waals surface area contributed by atoms with E-state index in [1.165, 1.54) is 0 Å². The van der Waals surface area contributed by atoms with Crippen LogP contribution in [0, 0.1) is 0 Å². The molecule has 2 atom stereocenters. The van der Waals surface area contributed by atoms with Gasteiger partial charge < -0.3 is 15.0 Å². The van der Waals surface area contributed by atoms with Crippen LogP contribution in [-0.4, -0.2) is 58.5 Å². The molecule has 5 nitrogen and oxygen atoms in total. The van der Waals surface area contributed by atoms with Crippen molar-refractivity contribution in [2.75, 3.05) is 31.6 Å². The van der Waals surface area contributed by atoms with Gasteiger partial charge in [0.15, 0.2) is 0 Å². The lowest BCUT2D eigenvalue weighted by molar-refractivity contribution is 0.0188. The number of piperidine rings is 1. The highest BCUT2D eigenvalue weighted by Crippen LogP contribution is 2.15. The molecule has 1 amide bonds. The monoisotopic (exact) mass is 290 g/mol. The number of carbonyl (C=O) groups excluding carboxylic acids is 1. The topological polar surface area (TPSA) is 58.6 Å². The molecule has 0 aliphatic carbocycles. The van der Waals surface area contributed by atoms with Gasteiger partial charge in [0.25, 0.3) is 0 Å². The Bertz CT molecular complexity index is 328. The number of hydrogen-bond acceptors (Lipinski definition) is 4. The molecular formula is C13H26N2O3S. The van der Waals surface area contributed by atoms with Gasteiger partial charge in [0, 0.05) is 48.5 Å². The van der Waals surface area contributed by atoms with Gasteiger partial charge in [-0.1, -0.05) is 0 Å². The molecule has 0 aromatic rings. The summed E-state index contributed by atoms with van der Waals surface area (Å²) >= 11 is 0. The molecule has 1 heterocycles. The van der Waals surface area contributed by atoms with Gasteiger partial charge in [0.1, 0.15) is 5.60 Å². The van der Waals surface area contributed by atoms with Crippen LogP contribution >= 0.6 is 0 Å². The van der Waals surface area contributed by atoms with E-state index in [0.29, 0.717) is 12.3 Å². The number of nitrogens with zero attached hydrogens (tertiary/aromatic N) is 1. The zero-order valence-electron chi connectivity index (χ0n) is 12.4. The fourth-order valence-electron chi connectivity index (χ4n) is 2.04. The Morgan fingerprint density at radius 3 is 2.74 bits per heavy atom. The maximum atomic E-state index is 12.0. The van der Waals surface area contributed by atoms with Gasteiger partial charge >= 0.3 is 6.09 Å². The standard InChI is InChI=1S/C13H26N2O3S/c1-13(2,3)18-12(16)15-8-5-6-11(10-15)14-7-9-19(4)17/h11,14H,5-10H2,1-4H3. The van der Waals surface area contributed by atoms with Gasteiger partial charge in [-0.25, -0.2) is 4.79 Å². The minimum Gasteiger partial charge on any atom is -0.444 e. The van der Waals surface area contributed by atoms with Crippen molar-refractivity contribution in [3.63, 3.8) is 0 Å². The first kappa shape index (κ1) is 16.4. The zero-order chi connectivity index (χ0) is 14.5. The van der Waals surface area contributed by atoms with Crippen LogP contribution in [0.1, 0.15) is 33.6 Å². The molecule has 1 saturated heterocycles. The molecule has 6 heteroatoms. The van der Waals surface area contributed by atoms with Gasteiger partial charge in [-0.05, 0) is 33.6 Å². The van der Waals surface area contributed by atoms with Crippen LogP contribution < -0.4 is 5.32 Å². The highest BCUT2D eigenvalue weighted by molar-refractivity contribution is 7.84. The quantitative estimate of drug-likeness (QED) is 0.849. The first-order chi connectivity index (χ1) is 8.78. The van der Waals surface area contributed by atoms with E-state index in [4.69, 9.17) is 4.74 Å². The second-order valence-electron chi connectivity index (χ2n) is 6.00. The lowest BCUT2D eigenvalue weighted by Crippen LogP contribution is -2.49. The summed E-state index contributed by atoms with van der Waals surface area (Å²) in [4.78, 5) is 13.7. The molecule has 1 aliphatic heterocycles. The summed E-state index contributed by atoms with van der Waals surface area (Å²) in [5.74, 6) is 0.656. The smallest absolute Gasteiger partial charge is 0.410 e. The van der Waals surface area contributed by atoms with E-state index in [9.17, 15) is 9.00 Å². The van der Waals surface area contributed by atoms with Crippen LogP contribution in [-0.2, 0) is 15.5 Å². The Morgan fingerprint density at radius 2 is 2.16 bits per heavy atom. The van der Waals surface area contributed by atoms with Crippen LogP contribution in [0.3, 0.4) is 0 Å². The summed E-state index contributed by atoms with van der Waals surface area (Å²) in [6.07, 6.45) is 3.50. The molecule has 1 aliphatic rings. The van der Waals surface area contributed by atoms with Crippen molar-refractivity contribution in [3.05, 3.63) is 0 Å². The molecule has 19 heavy (non-hydrogen) atoms. The molecule has 0 saturated carbocycles. The lowest BCUT2D eigenvalue weighted by Gasteiger charge is -2.34. The molecule has 1 fully saturated rings. The maximum absolute atomic E-state index is 12.0. The molecule has 112 valence electrons. The maximum Gasteiger partial charge on any atom is 0.410 e. The Kier molecular flexibility index (Phi) is 6.26. The summed E-state index contributed by atoms with van der Waals surface area (Å²) in [7, 11) is -0.769. The molecular weight excluding hydrogens is 264 g/mol. The molecule has 0 aromatic heterocycles. The summed E-state index contributed by atoms with van der Waals surface area (Å²) in [5, 5.41) is 3.36. The van der Waals surface area contributed by atoms with E-state index in [1.807, 2.05) is 20.8 Å². The summed E-state index contributed by atoms with van der Waals surface area (Å²) in [6, 6.07) is 0.282. The Morgan fingerprint density at radius 1 is 1.47 bits per heavy atom. The number of rotatable bonds is 4. The second kappa shape index (κ2) is 7.24. The minimum absolute atomic E-state index is 0.238. The third-order valence-electron chi connectivity index (χ3n) is 2.90.